The molecule has 2 aliphatic rings. The number of ether oxygens (including phenoxy) is 1. The van der Waals surface area contributed by atoms with Gasteiger partial charge in [-0.1, -0.05) is 0 Å². The maximum absolute atomic E-state index is 12.2. The third-order valence-electron chi connectivity index (χ3n) is 3.86. The number of rotatable bonds is 1. The van der Waals surface area contributed by atoms with E-state index in [0.29, 0.717) is 12.8 Å². The van der Waals surface area contributed by atoms with Crippen LogP contribution in [0.2, 0.25) is 0 Å². The highest BCUT2D eigenvalue weighted by Gasteiger charge is 2.50. The number of hydrogen-bond donors (Lipinski definition) is 1. The summed E-state index contributed by atoms with van der Waals surface area (Å²) in [7, 11) is 0. The highest BCUT2D eigenvalue weighted by molar-refractivity contribution is 5.69. The number of nitrogens with zero attached hydrogens (tertiary/aromatic N) is 2. The van der Waals surface area contributed by atoms with E-state index in [1.165, 1.54) is 0 Å². The number of carbonyl (C=O) groups is 1. The second-order valence-electron chi connectivity index (χ2n) is 6.74. The molecule has 0 aromatic heterocycles. The molecule has 0 aromatic rings. The lowest BCUT2D eigenvalue weighted by molar-refractivity contribution is -0.0557. The SMILES string of the molecule is CC(C)(C)OC(=O)N1C2CCC1CC(O)(CC#N)C2. The highest BCUT2D eigenvalue weighted by atomic mass is 16.6. The number of nitriles is 1. The van der Waals surface area contributed by atoms with Crippen LogP contribution in [-0.4, -0.2) is 39.4 Å². The molecular weight excluding hydrogens is 244 g/mol. The van der Waals surface area contributed by atoms with E-state index in [-0.39, 0.29) is 24.6 Å². The molecule has 1 N–H and O–H groups in total. The van der Waals surface area contributed by atoms with Crippen LogP contribution in [0.4, 0.5) is 4.79 Å². The molecule has 5 heteroatoms. The zero-order valence-electron chi connectivity index (χ0n) is 11.8. The molecular formula is C14H22N2O3. The molecule has 2 heterocycles. The number of piperidine rings is 1. The minimum Gasteiger partial charge on any atom is -0.444 e. The van der Waals surface area contributed by atoms with Gasteiger partial charge in [0.25, 0.3) is 0 Å². The van der Waals surface area contributed by atoms with Crippen LogP contribution in [0.15, 0.2) is 0 Å². The third kappa shape index (κ3) is 3.01. The second-order valence-corrected chi connectivity index (χ2v) is 6.74. The molecule has 1 amide bonds. The fourth-order valence-electron chi connectivity index (χ4n) is 3.23. The van der Waals surface area contributed by atoms with Crippen molar-refractivity contribution < 1.29 is 14.6 Å². The van der Waals surface area contributed by atoms with E-state index in [1.54, 1.807) is 4.90 Å². The summed E-state index contributed by atoms with van der Waals surface area (Å²) < 4.78 is 5.43. The molecule has 2 bridgehead atoms. The van der Waals surface area contributed by atoms with Gasteiger partial charge in [0.1, 0.15) is 5.60 Å². The van der Waals surface area contributed by atoms with Crippen molar-refractivity contribution in [1.82, 2.24) is 4.90 Å². The van der Waals surface area contributed by atoms with Crippen LogP contribution in [0.3, 0.4) is 0 Å². The topological polar surface area (TPSA) is 73.6 Å². The number of amides is 1. The Balaban J connectivity index is 2.08. The molecule has 0 radical (unpaired) electrons. The fraction of sp³-hybridized carbons (Fsp3) is 0.857. The van der Waals surface area contributed by atoms with Crippen molar-refractivity contribution in [3.05, 3.63) is 0 Å². The summed E-state index contributed by atoms with van der Waals surface area (Å²) in [4.78, 5) is 14.0. The van der Waals surface area contributed by atoms with Gasteiger partial charge in [0, 0.05) is 12.1 Å². The Morgan fingerprint density at radius 2 is 1.95 bits per heavy atom. The van der Waals surface area contributed by atoms with Gasteiger partial charge in [0.15, 0.2) is 0 Å². The Morgan fingerprint density at radius 1 is 1.42 bits per heavy atom. The third-order valence-corrected chi connectivity index (χ3v) is 3.86. The first-order valence-corrected chi connectivity index (χ1v) is 6.85. The first-order valence-electron chi connectivity index (χ1n) is 6.85. The maximum atomic E-state index is 12.2. The van der Waals surface area contributed by atoms with Gasteiger partial charge in [-0.15, -0.1) is 0 Å². The van der Waals surface area contributed by atoms with E-state index in [4.69, 9.17) is 10.00 Å². The normalized spacial score (nSPS) is 33.9. The minimum absolute atomic E-state index is 0.00644. The van der Waals surface area contributed by atoms with Gasteiger partial charge in [-0.3, -0.25) is 0 Å². The lowest BCUT2D eigenvalue weighted by Crippen LogP contribution is -2.54. The van der Waals surface area contributed by atoms with Crippen molar-refractivity contribution >= 4 is 6.09 Å². The van der Waals surface area contributed by atoms with Crippen molar-refractivity contribution in [2.24, 2.45) is 0 Å². The standard InChI is InChI=1S/C14H22N2O3/c1-13(2,3)19-12(17)16-10-4-5-11(16)9-14(18,8-10)6-7-15/h10-11,18H,4-6,8-9H2,1-3H3. The average Bonchev–Trinajstić information content (AvgIpc) is 2.50. The number of hydrogen-bond acceptors (Lipinski definition) is 4. The summed E-state index contributed by atoms with van der Waals surface area (Å²) in [6.45, 7) is 5.55. The van der Waals surface area contributed by atoms with Gasteiger partial charge in [-0.2, -0.15) is 5.26 Å². The molecule has 2 unspecified atom stereocenters. The minimum atomic E-state index is -0.931. The molecule has 2 rings (SSSR count). The largest absolute Gasteiger partial charge is 0.444 e. The van der Waals surface area contributed by atoms with Gasteiger partial charge in [-0.25, -0.2) is 4.79 Å². The van der Waals surface area contributed by atoms with Gasteiger partial charge >= 0.3 is 6.09 Å². The molecule has 19 heavy (non-hydrogen) atoms. The van der Waals surface area contributed by atoms with Crippen LogP contribution >= 0.6 is 0 Å². The summed E-state index contributed by atoms with van der Waals surface area (Å²) >= 11 is 0. The molecule has 2 fully saturated rings. The summed E-state index contributed by atoms with van der Waals surface area (Å²) in [6, 6.07) is 2.06. The molecule has 0 aliphatic carbocycles. The zero-order chi connectivity index (χ0) is 14.3. The smallest absolute Gasteiger partial charge is 0.410 e. The Kier molecular flexibility index (Phi) is 3.48. The first kappa shape index (κ1) is 14.1. The molecule has 2 aliphatic heterocycles. The molecule has 106 valence electrons. The monoisotopic (exact) mass is 266 g/mol. The van der Waals surface area contributed by atoms with Crippen molar-refractivity contribution in [2.75, 3.05) is 0 Å². The summed E-state index contributed by atoms with van der Waals surface area (Å²) in [5.41, 5.74) is -1.43. The Labute approximate surface area is 114 Å². The van der Waals surface area contributed by atoms with E-state index in [2.05, 4.69) is 0 Å². The molecule has 2 saturated heterocycles. The van der Waals surface area contributed by atoms with Gasteiger partial charge in [-0.05, 0) is 46.5 Å². The van der Waals surface area contributed by atoms with Crippen molar-refractivity contribution in [3.63, 3.8) is 0 Å². The molecule has 2 atom stereocenters. The van der Waals surface area contributed by atoms with E-state index < -0.39 is 11.2 Å². The second kappa shape index (κ2) is 4.68. The Bertz CT molecular complexity index is 394. The van der Waals surface area contributed by atoms with E-state index in [1.807, 2.05) is 26.8 Å². The van der Waals surface area contributed by atoms with E-state index in [0.717, 1.165) is 12.8 Å². The summed E-state index contributed by atoms with van der Waals surface area (Å²) in [5, 5.41) is 19.2. The predicted octanol–water partition coefficient (Wildman–Crippen LogP) is 2.19. The van der Waals surface area contributed by atoms with E-state index >= 15 is 0 Å². The highest BCUT2D eigenvalue weighted by Crippen LogP contribution is 2.42. The molecule has 5 nitrogen and oxygen atoms in total. The van der Waals surface area contributed by atoms with Crippen LogP contribution in [-0.2, 0) is 4.74 Å². The van der Waals surface area contributed by atoms with Crippen molar-refractivity contribution in [1.29, 1.82) is 5.26 Å². The lowest BCUT2D eigenvalue weighted by atomic mass is 9.84. The first-order chi connectivity index (χ1) is 8.74. The van der Waals surface area contributed by atoms with Crippen LogP contribution in [0.25, 0.3) is 0 Å². The fourth-order valence-corrected chi connectivity index (χ4v) is 3.23. The lowest BCUT2D eigenvalue weighted by Gasteiger charge is -2.43. The van der Waals surface area contributed by atoms with Gasteiger partial charge in [0.2, 0.25) is 0 Å². The van der Waals surface area contributed by atoms with Crippen molar-refractivity contribution in [3.8, 4) is 6.07 Å². The molecule has 0 aromatic carbocycles. The maximum Gasteiger partial charge on any atom is 0.410 e. The number of carbonyl (C=O) groups excluding carboxylic acids is 1. The average molecular weight is 266 g/mol. The zero-order valence-corrected chi connectivity index (χ0v) is 11.8. The van der Waals surface area contributed by atoms with Crippen molar-refractivity contribution in [2.45, 2.75) is 76.2 Å². The van der Waals surface area contributed by atoms with Crippen LogP contribution < -0.4 is 0 Å². The van der Waals surface area contributed by atoms with Gasteiger partial charge in [0.05, 0.1) is 18.1 Å². The molecule has 0 saturated carbocycles. The summed E-state index contributed by atoms with van der Waals surface area (Å²) in [5.74, 6) is 0. The predicted molar refractivity (Wildman–Crippen MR) is 69.3 cm³/mol. The van der Waals surface area contributed by atoms with E-state index in [9.17, 15) is 9.90 Å². The van der Waals surface area contributed by atoms with Crippen LogP contribution in [0.1, 0.15) is 52.9 Å². The Hall–Kier alpha value is -1.28. The number of fused-ring (bicyclic) bond motifs is 2. The van der Waals surface area contributed by atoms with Crippen LogP contribution in [0, 0.1) is 11.3 Å². The quantitative estimate of drug-likeness (QED) is 0.789. The van der Waals surface area contributed by atoms with Gasteiger partial charge < -0.3 is 14.7 Å². The van der Waals surface area contributed by atoms with Crippen LogP contribution in [0.5, 0.6) is 0 Å². The number of aliphatic hydroxyl groups is 1. The molecule has 0 spiro atoms. The summed E-state index contributed by atoms with van der Waals surface area (Å²) in [6.07, 6.45) is 2.59. The Morgan fingerprint density at radius 3 is 2.37 bits per heavy atom.